The summed E-state index contributed by atoms with van der Waals surface area (Å²) in [6.45, 7) is 3.06. The lowest BCUT2D eigenvalue weighted by atomic mass is 10.4. The normalized spacial score (nSPS) is 15.0. The van der Waals surface area contributed by atoms with Crippen molar-refractivity contribution in [2.75, 3.05) is 41.9 Å². The Balaban J connectivity index is 1.75. The molecule has 11 nitrogen and oxygen atoms in total. The number of hydrogen-bond donors (Lipinski definition) is 3. The van der Waals surface area contributed by atoms with Gasteiger partial charge in [0.2, 0.25) is 24.2 Å². The van der Waals surface area contributed by atoms with E-state index in [1.54, 1.807) is 0 Å². The molecule has 1 aliphatic rings. The molecule has 0 unspecified atom stereocenters. The van der Waals surface area contributed by atoms with Crippen LogP contribution in [0, 0.1) is 0 Å². The van der Waals surface area contributed by atoms with Crippen molar-refractivity contribution in [1.82, 2.24) is 25.1 Å². The molecule has 2 aromatic heterocycles. The summed E-state index contributed by atoms with van der Waals surface area (Å²) in [6, 6.07) is 0. The molecule has 11 heteroatoms. The number of aromatic nitrogens is 5. The first-order chi connectivity index (χ1) is 10.3. The molecule has 0 radical (unpaired) electrons. The summed E-state index contributed by atoms with van der Waals surface area (Å²) in [7, 11) is 0. The number of nitrogen functional groups attached to an aromatic ring is 1. The molecule has 0 amide bonds. The van der Waals surface area contributed by atoms with Crippen LogP contribution in [0.15, 0.2) is 10.9 Å². The maximum atomic E-state index is 5.39. The van der Waals surface area contributed by atoms with Crippen LogP contribution >= 0.6 is 0 Å². The van der Waals surface area contributed by atoms with Gasteiger partial charge in [-0.3, -0.25) is 5.43 Å². The average molecular weight is 293 g/mol. The molecule has 2 aromatic rings. The van der Waals surface area contributed by atoms with Gasteiger partial charge in [0.15, 0.2) is 5.82 Å². The standard InChI is InChI=1S/C10H15N9O2/c11-17-9-14-8(12-5-7-13-6-21-18-7)15-10(16-9)19-1-3-20-4-2-19/h6H,1-5,11H2,(H2,12,14,15,16,17). The van der Waals surface area contributed by atoms with Gasteiger partial charge in [0.1, 0.15) is 0 Å². The highest BCUT2D eigenvalue weighted by Gasteiger charge is 2.16. The molecule has 1 fully saturated rings. The van der Waals surface area contributed by atoms with Gasteiger partial charge in [0.05, 0.1) is 19.8 Å². The molecule has 0 aromatic carbocycles. The predicted octanol–water partition coefficient (Wildman–Crippen LogP) is -1.01. The average Bonchev–Trinajstić information content (AvgIpc) is 3.07. The van der Waals surface area contributed by atoms with Crippen LogP contribution in [0.1, 0.15) is 5.82 Å². The van der Waals surface area contributed by atoms with Crippen LogP contribution in [-0.2, 0) is 11.3 Å². The molecule has 1 aliphatic heterocycles. The van der Waals surface area contributed by atoms with Gasteiger partial charge in [-0.2, -0.15) is 19.9 Å². The van der Waals surface area contributed by atoms with Gasteiger partial charge in [0, 0.05) is 13.1 Å². The number of nitrogens with two attached hydrogens (primary N) is 1. The van der Waals surface area contributed by atoms with Crippen LogP contribution in [0.5, 0.6) is 0 Å². The summed E-state index contributed by atoms with van der Waals surface area (Å²) < 4.78 is 9.97. The largest absolute Gasteiger partial charge is 0.378 e. The van der Waals surface area contributed by atoms with Crippen molar-refractivity contribution in [3.8, 4) is 0 Å². The third-order valence-electron chi connectivity index (χ3n) is 2.86. The van der Waals surface area contributed by atoms with E-state index in [9.17, 15) is 0 Å². The molecule has 3 rings (SSSR count). The molecule has 21 heavy (non-hydrogen) atoms. The predicted molar refractivity (Wildman–Crippen MR) is 72.3 cm³/mol. The first-order valence-corrected chi connectivity index (χ1v) is 6.39. The molecule has 0 saturated carbocycles. The molecule has 0 spiro atoms. The fraction of sp³-hybridized carbons (Fsp3) is 0.500. The van der Waals surface area contributed by atoms with Crippen molar-refractivity contribution in [3.63, 3.8) is 0 Å². The quantitative estimate of drug-likeness (QED) is 0.461. The zero-order valence-electron chi connectivity index (χ0n) is 11.2. The molecular weight excluding hydrogens is 278 g/mol. The van der Waals surface area contributed by atoms with Crippen molar-refractivity contribution in [2.45, 2.75) is 6.54 Å². The number of hydrazine groups is 1. The number of anilines is 3. The molecular formula is C10H15N9O2. The molecule has 3 heterocycles. The fourth-order valence-corrected chi connectivity index (χ4v) is 1.84. The number of nitrogens with one attached hydrogen (secondary N) is 2. The molecule has 112 valence electrons. The van der Waals surface area contributed by atoms with Gasteiger partial charge < -0.3 is 19.5 Å². The number of nitrogens with zero attached hydrogens (tertiary/aromatic N) is 6. The molecule has 1 saturated heterocycles. The van der Waals surface area contributed by atoms with Gasteiger partial charge in [-0.1, -0.05) is 5.16 Å². The zero-order chi connectivity index (χ0) is 14.5. The van der Waals surface area contributed by atoms with E-state index in [2.05, 4.69) is 40.4 Å². The van der Waals surface area contributed by atoms with Crippen LogP contribution in [0.25, 0.3) is 0 Å². The Bertz CT molecular complexity index is 570. The number of ether oxygens (including phenoxy) is 1. The molecule has 4 N–H and O–H groups in total. The second kappa shape index (κ2) is 6.28. The number of rotatable bonds is 5. The lowest BCUT2D eigenvalue weighted by Gasteiger charge is -2.27. The summed E-state index contributed by atoms with van der Waals surface area (Å²) in [6.07, 6.45) is 1.26. The van der Waals surface area contributed by atoms with E-state index in [0.29, 0.717) is 37.5 Å². The third kappa shape index (κ3) is 3.32. The van der Waals surface area contributed by atoms with Crippen molar-refractivity contribution < 1.29 is 9.26 Å². The summed E-state index contributed by atoms with van der Waals surface area (Å²) in [5.74, 6) is 7.10. The molecule has 0 aliphatic carbocycles. The highest BCUT2D eigenvalue weighted by Crippen LogP contribution is 2.14. The van der Waals surface area contributed by atoms with E-state index in [4.69, 9.17) is 10.6 Å². The molecule has 0 atom stereocenters. The smallest absolute Gasteiger partial charge is 0.243 e. The topological polar surface area (TPSA) is 140 Å². The maximum Gasteiger partial charge on any atom is 0.243 e. The monoisotopic (exact) mass is 293 g/mol. The highest BCUT2D eigenvalue weighted by molar-refractivity contribution is 5.43. The Morgan fingerprint density at radius 1 is 1.19 bits per heavy atom. The van der Waals surface area contributed by atoms with Crippen LogP contribution in [0.2, 0.25) is 0 Å². The van der Waals surface area contributed by atoms with E-state index in [1.807, 2.05) is 4.90 Å². The van der Waals surface area contributed by atoms with Crippen LogP contribution in [-0.4, -0.2) is 51.4 Å². The Labute approximate surface area is 119 Å². The van der Waals surface area contributed by atoms with E-state index in [0.717, 1.165) is 13.1 Å². The van der Waals surface area contributed by atoms with E-state index < -0.39 is 0 Å². The Hall–Kier alpha value is -2.53. The van der Waals surface area contributed by atoms with Crippen LogP contribution < -0.4 is 21.5 Å². The summed E-state index contributed by atoms with van der Waals surface area (Å²) in [4.78, 5) is 18.6. The lowest BCUT2D eigenvalue weighted by Crippen LogP contribution is -2.37. The van der Waals surface area contributed by atoms with Crippen LogP contribution in [0.4, 0.5) is 17.8 Å². The van der Waals surface area contributed by atoms with E-state index in [1.165, 1.54) is 6.39 Å². The Morgan fingerprint density at radius 3 is 2.71 bits per heavy atom. The number of hydrogen-bond acceptors (Lipinski definition) is 11. The highest BCUT2D eigenvalue weighted by atomic mass is 16.5. The summed E-state index contributed by atoms with van der Waals surface area (Å²) >= 11 is 0. The molecule has 0 bridgehead atoms. The Kier molecular flexibility index (Phi) is 4.02. The fourth-order valence-electron chi connectivity index (χ4n) is 1.84. The van der Waals surface area contributed by atoms with Gasteiger partial charge in [-0.05, 0) is 0 Å². The lowest BCUT2D eigenvalue weighted by molar-refractivity contribution is 0.122. The van der Waals surface area contributed by atoms with Gasteiger partial charge in [-0.15, -0.1) is 0 Å². The van der Waals surface area contributed by atoms with Gasteiger partial charge in [-0.25, -0.2) is 5.84 Å². The van der Waals surface area contributed by atoms with Gasteiger partial charge >= 0.3 is 0 Å². The van der Waals surface area contributed by atoms with Gasteiger partial charge in [0.25, 0.3) is 0 Å². The van der Waals surface area contributed by atoms with E-state index >= 15 is 0 Å². The van der Waals surface area contributed by atoms with Crippen molar-refractivity contribution >= 4 is 17.8 Å². The minimum Gasteiger partial charge on any atom is -0.378 e. The summed E-state index contributed by atoms with van der Waals surface area (Å²) in [5, 5.41) is 6.70. The minimum absolute atomic E-state index is 0.280. The number of morpholine rings is 1. The maximum absolute atomic E-state index is 5.39. The Morgan fingerprint density at radius 2 is 2.00 bits per heavy atom. The SMILES string of the molecule is NNc1nc(NCc2ncon2)nc(N2CCOCC2)n1. The van der Waals surface area contributed by atoms with Crippen molar-refractivity contribution in [3.05, 3.63) is 12.2 Å². The first kappa shape index (κ1) is 13.5. The van der Waals surface area contributed by atoms with Crippen molar-refractivity contribution in [2.24, 2.45) is 5.84 Å². The second-order valence-electron chi connectivity index (χ2n) is 4.23. The third-order valence-corrected chi connectivity index (χ3v) is 2.86. The van der Waals surface area contributed by atoms with Crippen LogP contribution in [0.3, 0.4) is 0 Å². The second-order valence-corrected chi connectivity index (χ2v) is 4.23. The van der Waals surface area contributed by atoms with Crippen molar-refractivity contribution in [1.29, 1.82) is 0 Å². The first-order valence-electron chi connectivity index (χ1n) is 6.39. The summed E-state index contributed by atoms with van der Waals surface area (Å²) in [5.41, 5.74) is 2.43. The minimum atomic E-state index is 0.280. The van der Waals surface area contributed by atoms with E-state index in [-0.39, 0.29) is 5.95 Å². The zero-order valence-corrected chi connectivity index (χ0v) is 11.2.